The number of aliphatic hydroxyl groups is 1. The third-order valence-corrected chi connectivity index (χ3v) is 14.1. The van der Waals surface area contributed by atoms with Crippen molar-refractivity contribution in [2.45, 2.75) is 118 Å². The number of carboxylic acid groups (broad SMARTS) is 1. The average molecular weight is 544 g/mol. The number of ether oxygens (including phenoxy) is 1. The second kappa shape index (κ2) is 9.31. The molecule has 39 heavy (non-hydrogen) atoms. The topological polar surface area (TPSA) is 110 Å². The van der Waals surface area contributed by atoms with E-state index < -0.39 is 17.4 Å². The van der Waals surface area contributed by atoms with Gasteiger partial charge in [-0.25, -0.2) is 0 Å². The first-order valence-corrected chi connectivity index (χ1v) is 15.6. The van der Waals surface area contributed by atoms with Crippen LogP contribution >= 0.6 is 0 Å². The van der Waals surface area contributed by atoms with E-state index in [9.17, 15) is 19.8 Å². The molecule has 0 aliphatic heterocycles. The molecule has 0 saturated heterocycles. The van der Waals surface area contributed by atoms with Crippen LogP contribution in [0.25, 0.3) is 0 Å². The van der Waals surface area contributed by atoms with E-state index in [1.807, 2.05) is 0 Å². The maximum atomic E-state index is 13.9. The number of aliphatic carboxylic acids is 1. The van der Waals surface area contributed by atoms with E-state index in [0.717, 1.165) is 57.8 Å². The zero-order valence-corrected chi connectivity index (χ0v) is 25.4. The van der Waals surface area contributed by atoms with E-state index in [2.05, 4.69) is 54.5 Å². The molecule has 11 atom stereocenters. The maximum absolute atomic E-state index is 13.9. The Bertz CT molecular complexity index is 1050. The van der Waals surface area contributed by atoms with Crippen LogP contribution in [0.4, 0.5) is 0 Å². The summed E-state index contributed by atoms with van der Waals surface area (Å²) in [5, 5.41) is 20.2. The summed E-state index contributed by atoms with van der Waals surface area (Å²) >= 11 is 0. The van der Waals surface area contributed by atoms with E-state index in [-0.39, 0.29) is 46.3 Å². The van der Waals surface area contributed by atoms with Gasteiger partial charge in [-0.3, -0.25) is 9.59 Å². The highest BCUT2D eigenvalue weighted by Crippen LogP contribution is 2.75. The van der Waals surface area contributed by atoms with Crippen molar-refractivity contribution in [2.75, 3.05) is 6.61 Å². The maximum Gasteiger partial charge on any atom is 0.324 e. The molecule has 0 bridgehead atoms. The fraction of sp³-hybridized carbons (Fsp3) is 0.879. The number of allylic oxidation sites excluding steroid dienone is 2. The third kappa shape index (κ3) is 3.86. The summed E-state index contributed by atoms with van der Waals surface area (Å²) in [6.07, 6.45) is 11.1. The zero-order valence-electron chi connectivity index (χ0n) is 25.4. The summed E-state index contributed by atoms with van der Waals surface area (Å²) in [6.45, 7) is 16.5. The van der Waals surface area contributed by atoms with Gasteiger partial charge in [-0.1, -0.05) is 60.1 Å². The van der Waals surface area contributed by atoms with E-state index >= 15 is 0 Å². The van der Waals surface area contributed by atoms with Gasteiger partial charge >= 0.3 is 11.9 Å². The Labute approximate surface area is 235 Å². The van der Waals surface area contributed by atoms with Crippen LogP contribution in [0, 0.1) is 56.7 Å². The number of carbonyl (C=O) groups is 2. The minimum Gasteiger partial charge on any atom is -0.480 e. The minimum atomic E-state index is -1.19. The lowest BCUT2D eigenvalue weighted by molar-refractivity contribution is -0.207. The van der Waals surface area contributed by atoms with Crippen molar-refractivity contribution < 1.29 is 24.5 Å². The van der Waals surface area contributed by atoms with Gasteiger partial charge in [-0.05, 0) is 109 Å². The molecule has 6 heteroatoms. The zero-order chi connectivity index (χ0) is 28.8. The number of aliphatic hydroxyl groups excluding tert-OH is 1. The Kier molecular flexibility index (Phi) is 6.94. The Morgan fingerprint density at radius 1 is 1.00 bits per heavy atom. The van der Waals surface area contributed by atoms with Gasteiger partial charge in [0.2, 0.25) is 0 Å². The van der Waals surface area contributed by atoms with Gasteiger partial charge in [0.25, 0.3) is 0 Å². The van der Waals surface area contributed by atoms with Gasteiger partial charge in [-0.2, -0.15) is 0 Å². The number of esters is 1. The molecular formula is C33H53NO5. The van der Waals surface area contributed by atoms with Gasteiger partial charge < -0.3 is 20.7 Å². The fourth-order valence-corrected chi connectivity index (χ4v) is 11.2. The van der Waals surface area contributed by atoms with Gasteiger partial charge in [0, 0.05) is 0 Å². The highest BCUT2D eigenvalue weighted by Gasteiger charge is 2.69. The summed E-state index contributed by atoms with van der Waals surface area (Å²) in [5.41, 5.74) is 6.83. The Balaban J connectivity index is 1.54. The fourth-order valence-electron chi connectivity index (χ4n) is 11.2. The lowest BCUT2D eigenvalue weighted by atomic mass is 9.33. The quantitative estimate of drug-likeness (QED) is 0.298. The molecule has 0 aromatic carbocycles. The molecule has 4 fully saturated rings. The Morgan fingerprint density at radius 3 is 2.36 bits per heavy atom. The summed E-state index contributed by atoms with van der Waals surface area (Å²) in [4.78, 5) is 25.2. The van der Waals surface area contributed by atoms with Crippen LogP contribution in [0.2, 0.25) is 0 Å². The number of hydrogen-bond acceptors (Lipinski definition) is 5. The van der Waals surface area contributed by atoms with Crippen LogP contribution in [-0.4, -0.2) is 40.9 Å². The molecule has 5 rings (SSSR count). The van der Waals surface area contributed by atoms with Crippen molar-refractivity contribution >= 4 is 11.9 Å². The lowest BCUT2D eigenvalue weighted by Crippen LogP contribution is -2.65. The number of fused-ring (bicyclic) bond motifs is 7. The number of carbonyl (C=O) groups excluding carboxylic acids is 1. The van der Waals surface area contributed by atoms with Crippen LogP contribution in [0.3, 0.4) is 0 Å². The number of hydrogen-bond donors (Lipinski definition) is 3. The lowest BCUT2D eigenvalue weighted by Gasteiger charge is -2.71. The molecule has 6 nitrogen and oxygen atoms in total. The molecule has 0 amide bonds. The van der Waals surface area contributed by atoms with E-state index in [4.69, 9.17) is 10.5 Å². The average Bonchev–Trinajstić information content (AvgIpc) is 2.87. The smallest absolute Gasteiger partial charge is 0.324 e. The van der Waals surface area contributed by atoms with E-state index in [0.29, 0.717) is 23.7 Å². The molecular weight excluding hydrogens is 490 g/mol. The van der Waals surface area contributed by atoms with Crippen LogP contribution in [0.5, 0.6) is 0 Å². The first-order chi connectivity index (χ1) is 18.1. The third-order valence-electron chi connectivity index (χ3n) is 14.1. The second-order valence-corrected chi connectivity index (χ2v) is 15.7. The Morgan fingerprint density at radius 2 is 1.69 bits per heavy atom. The molecule has 4 N–H and O–H groups in total. The van der Waals surface area contributed by atoms with Crippen LogP contribution < -0.4 is 5.73 Å². The van der Waals surface area contributed by atoms with Gasteiger partial charge in [0.05, 0.1) is 11.5 Å². The standard InChI is InChI=1S/C33H53NO5/c1-19-10-15-33(28(38)39-18-22(34)27(36)37)17-16-31(6)21(26(33)20(19)2)8-9-24-30(5)13-12-25(35)29(3,4)23(30)11-14-32(24,31)7/h8,19-20,22-26,35H,9-18,34H2,1-7H3,(H,36,37)/t19-,20+,22?,23+,24-,25+,26+,30+,31-,32-,33+/m1/s1. The number of nitrogens with two attached hydrogens (primary N) is 1. The predicted octanol–water partition coefficient (Wildman–Crippen LogP) is 5.96. The minimum absolute atomic E-state index is 0.00133. The predicted molar refractivity (Wildman–Crippen MR) is 152 cm³/mol. The second-order valence-electron chi connectivity index (χ2n) is 15.7. The SMILES string of the molecule is C[C@H]1[C@H](C)CC[C@]2(C(=O)OCC(N)C(=O)O)CC[C@]3(C)C(=CC[C@@H]4[C@@]5(C)CC[C@H](O)C(C)(C)[C@@H]5CC[C@]43C)[C@H]12. The molecule has 0 radical (unpaired) electrons. The molecule has 0 spiro atoms. The first kappa shape index (κ1) is 29.1. The summed E-state index contributed by atoms with van der Waals surface area (Å²) < 4.78 is 5.72. The number of rotatable bonds is 4. The molecule has 0 aromatic rings. The van der Waals surface area contributed by atoms with Crippen LogP contribution in [0.1, 0.15) is 106 Å². The highest BCUT2D eigenvalue weighted by atomic mass is 16.5. The molecule has 0 heterocycles. The van der Waals surface area contributed by atoms with Crippen LogP contribution in [-0.2, 0) is 14.3 Å². The summed E-state index contributed by atoms with van der Waals surface area (Å²) in [6, 6.07) is -1.19. The molecule has 0 aromatic heterocycles. The summed E-state index contributed by atoms with van der Waals surface area (Å²) in [5.74, 6) is 0.651. The van der Waals surface area contributed by atoms with Gasteiger partial charge in [0.15, 0.2) is 0 Å². The molecule has 5 aliphatic rings. The van der Waals surface area contributed by atoms with E-state index in [1.165, 1.54) is 5.57 Å². The molecule has 5 aliphatic carbocycles. The molecule has 220 valence electrons. The van der Waals surface area contributed by atoms with Gasteiger partial charge in [-0.15, -0.1) is 0 Å². The van der Waals surface area contributed by atoms with Crippen LogP contribution in [0.15, 0.2) is 11.6 Å². The van der Waals surface area contributed by atoms with E-state index in [1.54, 1.807) is 0 Å². The number of carboxylic acids is 1. The Hall–Kier alpha value is -1.40. The monoisotopic (exact) mass is 543 g/mol. The van der Waals surface area contributed by atoms with Crippen molar-refractivity contribution in [3.63, 3.8) is 0 Å². The first-order valence-electron chi connectivity index (χ1n) is 15.6. The molecule has 1 unspecified atom stereocenters. The summed E-state index contributed by atoms with van der Waals surface area (Å²) in [7, 11) is 0. The molecule has 4 saturated carbocycles. The largest absolute Gasteiger partial charge is 0.480 e. The van der Waals surface area contributed by atoms with Crippen molar-refractivity contribution in [3.05, 3.63) is 11.6 Å². The van der Waals surface area contributed by atoms with Crippen molar-refractivity contribution in [1.82, 2.24) is 0 Å². The highest BCUT2D eigenvalue weighted by molar-refractivity contribution is 5.80. The van der Waals surface area contributed by atoms with Crippen molar-refractivity contribution in [2.24, 2.45) is 62.4 Å². The normalized spacial score (nSPS) is 49.3. The van der Waals surface area contributed by atoms with Crippen molar-refractivity contribution in [3.8, 4) is 0 Å². The van der Waals surface area contributed by atoms with Gasteiger partial charge in [0.1, 0.15) is 12.6 Å². The van der Waals surface area contributed by atoms with Crippen molar-refractivity contribution in [1.29, 1.82) is 0 Å².